The van der Waals surface area contributed by atoms with Crippen LogP contribution in [0.5, 0.6) is 0 Å². The molecule has 0 aliphatic heterocycles. The van der Waals surface area contributed by atoms with Gasteiger partial charge in [-0.2, -0.15) is 0 Å². The van der Waals surface area contributed by atoms with Crippen molar-refractivity contribution in [3.63, 3.8) is 0 Å². The first kappa shape index (κ1) is 15.0. The van der Waals surface area contributed by atoms with Crippen molar-refractivity contribution in [2.75, 3.05) is 5.32 Å². The standard InChI is InChI=1S/C17H14N4O4/c22-15(18-10-5-6-11-12(9-10)20-16(23)19-11)7-8-21-13-3-1-2-4-14(13)25-17(21)24/h1-6,9H,7-8H2,(H,18,22)(H2,19,20,23). The van der Waals surface area contributed by atoms with Gasteiger partial charge in [0.05, 0.1) is 16.6 Å². The fraction of sp³-hybridized carbons (Fsp3) is 0.118. The van der Waals surface area contributed by atoms with Crippen LogP contribution in [0.3, 0.4) is 0 Å². The van der Waals surface area contributed by atoms with Gasteiger partial charge < -0.3 is 19.7 Å². The molecule has 0 unspecified atom stereocenters. The molecular weight excluding hydrogens is 324 g/mol. The Labute approximate surface area is 140 Å². The van der Waals surface area contributed by atoms with E-state index in [9.17, 15) is 14.4 Å². The SMILES string of the molecule is O=C(CCn1c(=O)oc2ccccc21)Nc1ccc2[nH]c(=O)[nH]c2c1. The fourth-order valence-electron chi connectivity index (χ4n) is 2.77. The smallest absolute Gasteiger partial charge is 0.408 e. The number of rotatable bonds is 4. The Morgan fingerprint density at radius 1 is 1.08 bits per heavy atom. The molecule has 2 aromatic heterocycles. The molecule has 4 aromatic rings. The first-order valence-electron chi connectivity index (χ1n) is 7.70. The van der Waals surface area contributed by atoms with Crippen LogP contribution in [-0.2, 0) is 11.3 Å². The molecule has 126 valence electrons. The molecule has 25 heavy (non-hydrogen) atoms. The highest BCUT2D eigenvalue weighted by Gasteiger charge is 2.11. The number of aromatic nitrogens is 3. The summed E-state index contributed by atoms with van der Waals surface area (Å²) in [6.07, 6.45) is 0.116. The number of para-hydroxylation sites is 2. The van der Waals surface area contributed by atoms with Crippen LogP contribution in [0.4, 0.5) is 5.69 Å². The van der Waals surface area contributed by atoms with Crippen molar-refractivity contribution < 1.29 is 9.21 Å². The average Bonchev–Trinajstić information content (AvgIpc) is 3.10. The molecule has 8 heteroatoms. The summed E-state index contributed by atoms with van der Waals surface area (Å²) in [5.41, 5.74) is 2.70. The number of H-pyrrole nitrogens is 2. The minimum absolute atomic E-state index is 0.116. The Hall–Kier alpha value is -3.55. The maximum atomic E-state index is 12.2. The predicted octanol–water partition coefficient (Wildman–Crippen LogP) is 1.79. The van der Waals surface area contributed by atoms with Crippen molar-refractivity contribution in [2.24, 2.45) is 0 Å². The monoisotopic (exact) mass is 338 g/mol. The number of hydrogen-bond acceptors (Lipinski definition) is 4. The molecule has 1 amide bonds. The lowest BCUT2D eigenvalue weighted by molar-refractivity contribution is -0.116. The number of hydrogen-bond donors (Lipinski definition) is 3. The van der Waals surface area contributed by atoms with Gasteiger partial charge in [0.15, 0.2) is 5.58 Å². The Kier molecular flexibility index (Phi) is 3.50. The number of nitrogens with zero attached hydrogens (tertiary/aromatic N) is 1. The molecule has 0 aliphatic carbocycles. The molecule has 2 heterocycles. The number of oxazole rings is 1. The molecule has 4 rings (SSSR count). The molecule has 3 N–H and O–H groups in total. The third-order valence-corrected chi connectivity index (χ3v) is 3.94. The van der Waals surface area contributed by atoms with Gasteiger partial charge in [0, 0.05) is 18.7 Å². The summed E-state index contributed by atoms with van der Waals surface area (Å²) in [5, 5.41) is 2.75. The highest BCUT2D eigenvalue weighted by Crippen LogP contribution is 2.15. The lowest BCUT2D eigenvalue weighted by atomic mass is 10.2. The second-order valence-corrected chi connectivity index (χ2v) is 5.62. The molecule has 0 saturated carbocycles. The lowest BCUT2D eigenvalue weighted by Gasteiger charge is -2.06. The molecule has 0 fully saturated rings. The number of anilines is 1. The summed E-state index contributed by atoms with van der Waals surface area (Å²) in [4.78, 5) is 40.6. The predicted molar refractivity (Wildman–Crippen MR) is 92.6 cm³/mol. The van der Waals surface area contributed by atoms with E-state index in [1.165, 1.54) is 4.57 Å². The van der Waals surface area contributed by atoms with Gasteiger partial charge in [0.25, 0.3) is 0 Å². The second-order valence-electron chi connectivity index (χ2n) is 5.62. The number of aryl methyl sites for hydroxylation is 1. The van der Waals surface area contributed by atoms with Crippen LogP contribution in [0.15, 0.2) is 56.5 Å². The number of benzene rings is 2. The number of aromatic amines is 2. The van der Waals surface area contributed by atoms with Crippen LogP contribution in [0.1, 0.15) is 6.42 Å². The Balaban J connectivity index is 1.48. The topological polar surface area (TPSA) is 113 Å². The normalized spacial score (nSPS) is 11.2. The van der Waals surface area contributed by atoms with Gasteiger partial charge in [-0.1, -0.05) is 12.1 Å². The zero-order valence-corrected chi connectivity index (χ0v) is 13.0. The molecule has 2 aromatic carbocycles. The van der Waals surface area contributed by atoms with E-state index in [0.717, 1.165) is 0 Å². The minimum Gasteiger partial charge on any atom is -0.408 e. The summed E-state index contributed by atoms with van der Waals surface area (Å²) in [6.45, 7) is 0.213. The molecule has 0 saturated heterocycles. The summed E-state index contributed by atoms with van der Waals surface area (Å²) < 4.78 is 6.57. The number of carbonyl (C=O) groups excluding carboxylic acids is 1. The van der Waals surface area contributed by atoms with Crippen LogP contribution >= 0.6 is 0 Å². The first-order chi connectivity index (χ1) is 12.1. The van der Waals surface area contributed by atoms with E-state index in [0.29, 0.717) is 27.8 Å². The number of fused-ring (bicyclic) bond motifs is 2. The summed E-state index contributed by atoms with van der Waals surface area (Å²) in [5.74, 6) is -0.727. The Morgan fingerprint density at radius 3 is 2.76 bits per heavy atom. The first-order valence-corrected chi connectivity index (χ1v) is 7.70. The van der Waals surface area contributed by atoms with Crippen molar-refractivity contribution in [3.05, 3.63) is 63.5 Å². The Bertz CT molecular complexity index is 1190. The van der Waals surface area contributed by atoms with Gasteiger partial charge in [-0.25, -0.2) is 9.59 Å². The van der Waals surface area contributed by atoms with E-state index < -0.39 is 5.76 Å². The van der Waals surface area contributed by atoms with Crippen molar-refractivity contribution in [2.45, 2.75) is 13.0 Å². The van der Waals surface area contributed by atoms with Gasteiger partial charge in [-0.3, -0.25) is 9.36 Å². The van der Waals surface area contributed by atoms with E-state index in [1.807, 2.05) is 0 Å². The number of imidazole rings is 1. The molecule has 0 spiro atoms. The van der Waals surface area contributed by atoms with Crippen LogP contribution < -0.4 is 16.8 Å². The zero-order chi connectivity index (χ0) is 17.4. The molecule has 8 nitrogen and oxygen atoms in total. The number of amides is 1. The second kappa shape index (κ2) is 5.82. The lowest BCUT2D eigenvalue weighted by Crippen LogP contribution is -2.19. The highest BCUT2D eigenvalue weighted by molar-refractivity contribution is 5.93. The summed E-state index contributed by atoms with van der Waals surface area (Å²) in [7, 11) is 0. The molecule has 0 atom stereocenters. The van der Waals surface area contributed by atoms with Crippen LogP contribution in [-0.4, -0.2) is 20.4 Å². The number of nitrogens with one attached hydrogen (secondary N) is 3. The third-order valence-electron chi connectivity index (χ3n) is 3.94. The van der Waals surface area contributed by atoms with Gasteiger partial charge in [-0.05, 0) is 30.3 Å². The molecular formula is C17H14N4O4. The molecule has 0 aliphatic rings. The maximum absolute atomic E-state index is 12.2. The van der Waals surface area contributed by atoms with Crippen LogP contribution in [0.25, 0.3) is 22.1 Å². The number of carbonyl (C=O) groups is 1. The summed E-state index contributed by atoms with van der Waals surface area (Å²) in [6, 6.07) is 12.1. The highest BCUT2D eigenvalue weighted by atomic mass is 16.4. The Morgan fingerprint density at radius 2 is 1.88 bits per heavy atom. The molecule has 0 bridgehead atoms. The van der Waals surface area contributed by atoms with Crippen molar-refractivity contribution in [1.82, 2.24) is 14.5 Å². The van der Waals surface area contributed by atoms with E-state index in [1.54, 1.807) is 42.5 Å². The van der Waals surface area contributed by atoms with Crippen LogP contribution in [0.2, 0.25) is 0 Å². The van der Waals surface area contributed by atoms with Crippen molar-refractivity contribution in [1.29, 1.82) is 0 Å². The van der Waals surface area contributed by atoms with E-state index in [2.05, 4.69) is 15.3 Å². The summed E-state index contributed by atoms with van der Waals surface area (Å²) >= 11 is 0. The minimum atomic E-state index is -0.486. The van der Waals surface area contributed by atoms with E-state index >= 15 is 0 Å². The average molecular weight is 338 g/mol. The van der Waals surface area contributed by atoms with Gasteiger partial charge in [0.1, 0.15) is 0 Å². The maximum Gasteiger partial charge on any atom is 0.419 e. The van der Waals surface area contributed by atoms with Crippen molar-refractivity contribution >= 4 is 33.7 Å². The van der Waals surface area contributed by atoms with E-state index in [4.69, 9.17) is 4.42 Å². The van der Waals surface area contributed by atoms with Gasteiger partial charge in [-0.15, -0.1) is 0 Å². The van der Waals surface area contributed by atoms with Gasteiger partial charge in [0.2, 0.25) is 5.91 Å². The van der Waals surface area contributed by atoms with Crippen molar-refractivity contribution in [3.8, 4) is 0 Å². The van der Waals surface area contributed by atoms with Crippen LogP contribution in [0, 0.1) is 0 Å². The van der Waals surface area contributed by atoms with E-state index in [-0.39, 0.29) is 24.6 Å². The third kappa shape index (κ3) is 2.85. The quantitative estimate of drug-likeness (QED) is 0.526. The van der Waals surface area contributed by atoms with Gasteiger partial charge >= 0.3 is 11.4 Å². The molecule has 0 radical (unpaired) electrons. The largest absolute Gasteiger partial charge is 0.419 e. The fourth-order valence-corrected chi connectivity index (χ4v) is 2.77. The zero-order valence-electron chi connectivity index (χ0n) is 13.0.